The summed E-state index contributed by atoms with van der Waals surface area (Å²) in [6.45, 7) is 0. The molecule has 0 unspecified atom stereocenters. The van der Waals surface area contributed by atoms with Crippen LogP contribution < -0.4 is 33.4 Å². The summed E-state index contributed by atoms with van der Waals surface area (Å²) >= 11 is 0. The van der Waals surface area contributed by atoms with Gasteiger partial charge in [0.15, 0.2) is 0 Å². The summed E-state index contributed by atoms with van der Waals surface area (Å²) in [5.74, 6) is 0. The van der Waals surface area contributed by atoms with Crippen LogP contribution in [0.2, 0.25) is 0 Å². The lowest BCUT2D eigenvalue weighted by atomic mass is 9.95. The van der Waals surface area contributed by atoms with Crippen LogP contribution in [-0.2, 0) is 7.05 Å². The fourth-order valence-corrected chi connectivity index (χ4v) is 3.47. The van der Waals surface area contributed by atoms with Gasteiger partial charge in [0.05, 0.1) is 10.8 Å². The van der Waals surface area contributed by atoms with Gasteiger partial charge in [-0.1, -0.05) is 36.4 Å². The van der Waals surface area contributed by atoms with E-state index in [0.29, 0.717) is 0 Å². The molecule has 1 aromatic heterocycles. The molecule has 0 spiro atoms. The molecule has 4 rings (SSSR count). The molecule has 0 saturated carbocycles. The highest BCUT2D eigenvalue weighted by atomic mass is 127. The Bertz CT molecular complexity index is 980. The Morgan fingerprint density at radius 3 is 1.64 bits per heavy atom. The number of pyridine rings is 1. The Morgan fingerprint density at radius 1 is 0.680 bits per heavy atom. The molecule has 0 amide bonds. The maximum atomic E-state index is 2.28. The van der Waals surface area contributed by atoms with Gasteiger partial charge in [-0.2, -0.15) is 4.57 Å². The van der Waals surface area contributed by atoms with Crippen LogP contribution in [0.15, 0.2) is 72.8 Å². The van der Waals surface area contributed by atoms with Crippen molar-refractivity contribution in [3.8, 4) is 11.1 Å². The summed E-state index contributed by atoms with van der Waals surface area (Å²) < 4.78 is 2.28. The SMILES string of the molecule is CN(C)c1ccc(-c2c3ccccc3[n+](C)c3ccccc23)cc1.[I-]. The number of benzene rings is 3. The van der Waals surface area contributed by atoms with Crippen molar-refractivity contribution in [3.05, 3.63) is 72.8 Å². The van der Waals surface area contributed by atoms with Crippen LogP contribution in [0.3, 0.4) is 0 Å². The molecule has 126 valence electrons. The van der Waals surface area contributed by atoms with Crippen molar-refractivity contribution < 1.29 is 28.5 Å². The summed E-state index contributed by atoms with van der Waals surface area (Å²) in [4.78, 5) is 2.13. The number of nitrogens with zero attached hydrogens (tertiary/aromatic N) is 2. The third-order valence-corrected chi connectivity index (χ3v) is 4.74. The molecule has 0 radical (unpaired) electrons. The van der Waals surface area contributed by atoms with Gasteiger partial charge in [-0.15, -0.1) is 0 Å². The lowest BCUT2D eigenvalue weighted by Crippen LogP contribution is -3.00. The Kier molecular flexibility index (Phi) is 4.95. The standard InChI is InChI=1S/C22H21N2.HI/c1-23(2)17-14-12-16(13-15-17)22-18-8-4-6-10-20(18)24(3)21-11-7-5-9-19(21)22;/h4-15H,1-3H3;1H/q+1;/p-1. The van der Waals surface area contributed by atoms with E-state index in [1.54, 1.807) is 0 Å². The van der Waals surface area contributed by atoms with Gasteiger partial charge in [0.1, 0.15) is 7.05 Å². The largest absolute Gasteiger partial charge is 1.00 e. The topological polar surface area (TPSA) is 7.12 Å². The molecular weight excluding hydrogens is 419 g/mol. The van der Waals surface area contributed by atoms with Crippen LogP contribution >= 0.6 is 0 Å². The summed E-state index contributed by atoms with van der Waals surface area (Å²) in [7, 11) is 6.29. The predicted octanol–water partition coefficient (Wildman–Crippen LogP) is 1.55. The second-order valence-electron chi connectivity index (χ2n) is 6.41. The third kappa shape index (κ3) is 2.97. The number of hydrogen-bond acceptors (Lipinski definition) is 1. The summed E-state index contributed by atoms with van der Waals surface area (Å²) in [6, 6.07) is 26.1. The highest BCUT2D eigenvalue weighted by Gasteiger charge is 2.18. The molecule has 3 heteroatoms. The number of hydrogen-bond donors (Lipinski definition) is 0. The summed E-state index contributed by atoms with van der Waals surface area (Å²) in [6.07, 6.45) is 0. The molecular formula is C22H21IN2. The first-order valence-corrected chi connectivity index (χ1v) is 8.24. The van der Waals surface area contributed by atoms with E-state index < -0.39 is 0 Å². The van der Waals surface area contributed by atoms with Crippen LogP contribution in [0.5, 0.6) is 0 Å². The van der Waals surface area contributed by atoms with Gasteiger partial charge in [-0.25, -0.2) is 0 Å². The van der Waals surface area contributed by atoms with Crippen molar-refractivity contribution >= 4 is 27.5 Å². The van der Waals surface area contributed by atoms with E-state index in [9.17, 15) is 0 Å². The second-order valence-corrected chi connectivity index (χ2v) is 6.41. The molecule has 0 aliphatic rings. The highest BCUT2D eigenvalue weighted by Crippen LogP contribution is 2.34. The van der Waals surface area contributed by atoms with E-state index in [4.69, 9.17) is 0 Å². The van der Waals surface area contributed by atoms with Crippen LogP contribution in [0, 0.1) is 0 Å². The maximum absolute atomic E-state index is 2.28. The molecule has 1 heterocycles. The van der Waals surface area contributed by atoms with E-state index in [1.807, 2.05) is 0 Å². The lowest BCUT2D eigenvalue weighted by Gasteiger charge is -2.14. The number of para-hydroxylation sites is 2. The zero-order chi connectivity index (χ0) is 16.7. The monoisotopic (exact) mass is 440 g/mol. The predicted molar refractivity (Wildman–Crippen MR) is 102 cm³/mol. The van der Waals surface area contributed by atoms with E-state index in [1.165, 1.54) is 38.6 Å². The van der Waals surface area contributed by atoms with E-state index >= 15 is 0 Å². The normalized spacial score (nSPS) is 10.7. The van der Waals surface area contributed by atoms with E-state index in [-0.39, 0.29) is 24.0 Å². The zero-order valence-corrected chi connectivity index (χ0v) is 16.9. The zero-order valence-electron chi connectivity index (χ0n) is 14.7. The number of aryl methyl sites for hydroxylation is 1. The van der Waals surface area contributed by atoms with Crippen molar-refractivity contribution in [2.75, 3.05) is 19.0 Å². The molecule has 2 nitrogen and oxygen atoms in total. The summed E-state index contributed by atoms with van der Waals surface area (Å²) in [5.41, 5.74) is 6.29. The molecule has 0 N–H and O–H groups in total. The molecule has 0 bridgehead atoms. The lowest BCUT2D eigenvalue weighted by molar-refractivity contribution is -0.617. The van der Waals surface area contributed by atoms with Crippen LogP contribution in [0.1, 0.15) is 0 Å². The molecule has 25 heavy (non-hydrogen) atoms. The van der Waals surface area contributed by atoms with Crippen LogP contribution in [0.4, 0.5) is 5.69 Å². The molecule has 4 aromatic rings. The fourth-order valence-electron chi connectivity index (χ4n) is 3.47. The van der Waals surface area contributed by atoms with Gasteiger partial charge < -0.3 is 28.9 Å². The van der Waals surface area contributed by atoms with Crippen molar-refractivity contribution in [1.82, 2.24) is 0 Å². The van der Waals surface area contributed by atoms with Gasteiger partial charge in [-0.3, -0.25) is 0 Å². The van der Waals surface area contributed by atoms with Gasteiger partial charge in [0, 0.05) is 37.5 Å². The molecule has 0 atom stereocenters. The van der Waals surface area contributed by atoms with Gasteiger partial charge >= 0.3 is 0 Å². The van der Waals surface area contributed by atoms with Crippen molar-refractivity contribution in [2.45, 2.75) is 0 Å². The number of rotatable bonds is 2. The minimum absolute atomic E-state index is 0. The number of anilines is 1. The first-order valence-electron chi connectivity index (χ1n) is 8.24. The van der Waals surface area contributed by atoms with Gasteiger partial charge in [0.2, 0.25) is 11.0 Å². The quantitative estimate of drug-likeness (QED) is 0.261. The average Bonchev–Trinajstić information content (AvgIpc) is 2.62. The maximum Gasteiger partial charge on any atom is 0.213 e. The third-order valence-electron chi connectivity index (χ3n) is 4.74. The smallest absolute Gasteiger partial charge is 0.213 e. The number of aromatic nitrogens is 1. The Hall–Kier alpha value is -2.14. The van der Waals surface area contributed by atoms with Crippen molar-refractivity contribution in [3.63, 3.8) is 0 Å². The fraction of sp³-hybridized carbons (Fsp3) is 0.136. The van der Waals surface area contributed by atoms with Crippen LogP contribution in [0.25, 0.3) is 32.9 Å². The number of halogens is 1. The molecule has 0 aliphatic carbocycles. The Balaban J connectivity index is 0.00000182. The van der Waals surface area contributed by atoms with Gasteiger partial charge in [-0.05, 0) is 29.8 Å². The molecule has 3 aromatic carbocycles. The average molecular weight is 440 g/mol. The minimum atomic E-state index is 0. The Morgan fingerprint density at radius 2 is 1.16 bits per heavy atom. The van der Waals surface area contributed by atoms with E-state index in [0.717, 1.165) is 0 Å². The Labute approximate surface area is 165 Å². The minimum Gasteiger partial charge on any atom is -1.00 e. The van der Waals surface area contributed by atoms with Crippen LogP contribution in [-0.4, -0.2) is 14.1 Å². The molecule has 0 fully saturated rings. The van der Waals surface area contributed by atoms with E-state index in [2.05, 4.69) is 103 Å². The van der Waals surface area contributed by atoms with Crippen molar-refractivity contribution in [2.24, 2.45) is 7.05 Å². The molecule has 0 saturated heterocycles. The highest BCUT2D eigenvalue weighted by molar-refractivity contribution is 6.07. The first kappa shape index (κ1) is 17.7. The molecule has 0 aliphatic heterocycles. The van der Waals surface area contributed by atoms with Crippen molar-refractivity contribution in [1.29, 1.82) is 0 Å². The second kappa shape index (κ2) is 7.00. The number of fused-ring (bicyclic) bond motifs is 2. The van der Waals surface area contributed by atoms with Gasteiger partial charge in [0.25, 0.3) is 0 Å². The first-order chi connectivity index (χ1) is 11.7. The summed E-state index contributed by atoms with van der Waals surface area (Å²) in [5, 5.41) is 2.58.